The van der Waals surface area contributed by atoms with Gasteiger partial charge in [0, 0.05) is 13.0 Å². The Morgan fingerprint density at radius 3 is 2.72 bits per heavy atom. The largest absolute Gasteiger partial charge is 0.490 e. The monoisotopic (exact) mass is 249 g/mol. The average molecular weight is 249 g/mol. The second-order valence-corrected chi connectivity index (χ2v) is 3.92. The average Bonchev–Trinajstić information content (AvgIpc) is 2.37. The van der Waals surface area contributed by atoms with Crippen molar-refractivity contribution in [1.82, 2.24) is 5.32 Å². The fourth-order valence-corrected chi connectivity index (χ4v) is 1.46. The number of carboxylic acids is 1. The Balaban J connectivity index is 2.22. The second-order valence-electron chi connectivity index (χ2n) is 3.92. The molecule has 0 aliphatic heterocycles. The molecule has 0 aromatic heterocycles. The molecular formula is C14H19NO3. The van der Waals surface area contributed by atoms with Crippen molar-refractivity contribution in [2.45, 2.75) is 19.4 Å². The molecule has 0 heterocycles. The molecule has 0 aliphatic carbocycles. The van der Waals surface area contributed by atoms with Crippen molar-refractivity contribution < 1.29 is 14.6 Å². The van der Waals surface area contributed by atoms with Crippen molar-refractivity contribution in [1.29, 1.82) is 0 Å². The lowest BCUT2D eigenvalue weighted by Gasteiger charge is -2.06. The summed E-state index contributed by atoms with van der Waals surface area (Å²) in [6.45, 7) is 5.54. The quantitative estimate of drug-likeness (QED) is 0.520. The van der Waals surface area contributed by atoms with Gasteiger partial charge in [-0.3, -0.25) is 4.79 Å². The van der Waals surface area contributed by atoms with Gasteiger partial charge in [0.15, 0.2) is 0 Å². The number of benzene rings is 1. The van der Waals surface area contributed by atoms with Crippen LogP contribution in [0.25, 0.3) is 0 Å². The van der Waals surface area contributed by atoms with E-state index in [0.29, 0.717) is 19.6 Å². The zero-order valence-electron chi connectivity index (χ0n) is 10.4. The first-order valence-electron chi connectivity index (χ1n) is 5.97. The first kappa shape index (κ1) is 14.3. The molecule has 0 fully saturated rings. The highest BCUT2D eigenvalue weighted by Gasteiger charge is 1.97. The van der Waals surface area contributed by atoms with E-state index in [-0.39, 0.29) is 6.42 Å². The van der Waals surface area contributed by atoms with E-state index in [1.807, 2.05) is 24.3 Å². The van der Waals surface area contributed by atoms with E-state index < -0.39 is 5.97 Å². The molecule has 0 amide bonds. The van der Waals surface area contributed by atoms with Crippen LogP contribution in [0.3, 0.4) is 0 Å². The van der Waals surface area contributed by atoms with E-state index in [2.05, 4.69) is 11.9 Å². The predicted molar refractivity (Wildman–Crippen MR) is 70.7 cm³/mol. The van der Waals surface area contributed by atoms with Crippen LogP contribution in [-0.2, 0) is 11.3 Å². The van der Waals surface area contributed by atoms with Gasteiger partial charge in [-0.2, -0.15) is 0 Å². The molecule has 98 valence electrons. The highest BCUT2D eigenvalue weighted by atomic mass is 16.5. The van der Waals surface area contributed by atoms with Crippen molar-refractivity contribution >= 4 is 5.97 Å². The van der Waals surface area contributed by atoms with Crippen molar-refractivity contribution in [3.8, 4) is 5.75 Å². The van der Waals surface area contributed by atoms with Crippen LogP contribution < -0.4 is 10.1 Å². The highest BCUT2D eigenvalue weighted by Crippen LogP contribution is 2.11. The first-order valence-corrected chi connectivity index (χ1v) is 5.97. The summed E-state index contributed by atoms with van der Waals surface area (Å²) in [5.74, 6) is 0.0741. The molecule has 0 saturated carbocycles. The minimum absolute atomic E-state index is 0.210. The van der Waals surface area contributed by atoms with Gasteiger partial charge < -0.3 is 15.2 Å². The fourth-order valence-electron chi connectivity index (χ4n) is 1.46. The topological polar surface area (TPSA) is 58.6 Å². The number of ether oxygens (including phenoxy) is 1. The Bertz CT molecular complexity index is 373. The molecule has 0 atom stereocenters. The van der Waals surface area contributed by atoms with Gasteiger partial charge in [-0.15, -0.1) is 0 Å². The molecule has 1 rings (SSSR count). The van der Waals surface area contributed by atoms with Crippen LogP contribution >= 0.6 is 0 Å². The molecule has 1 aromatic carbocycles. The maximum Gasteiger partial charge on any atom is 0.303 e. The van der Waals surface area contributed by atoms with Gasteiger partial charge in [0.2, 0.25) is 0 Å². The third-order valence-electron chi connectivity index (χ3n) is 2.36. The van der Waals surface area contributed by atoms with Crippen molar-refractivity contribution in [3.63, 3.8) is 0 Å². The molecule has 2 N–H and O–H groups in total. The molecule has 18 heavy (non-hydrogen) atoms. The molecule has 0 spiro atoms. The van der Waals surface area contributed by atoms with Gasteiger partial charge >= 0.3 is 5.97 Å². The number of nitrogens with one attached hydrogen (secondary N) is 1. The molecule has 0 saturated heterocycles. The van der Waals surface area contributed by atoms with Crippen LogP contribution in [0.5, 0.6) is 5.75 Å². The molecule has 0 aliphatic rings. The van der Waals surface area contributed by atoms with E-state index in [1.54, 1.807) is 6.08 Å². The van der Waals surface area contributed by atoms with Gasteiger partial charge in [-0.1, -0.05) is 24.8 Å². The van der Waals surface area contributed by atoms with Crippen LogP contribution in [0.4, 0.5) is 0 Å². The van der Waals surface area contributed by atoms with Gasteiger partial charge in [-0.05, 0) is 30.7 Å². The third kappa shape index (κ3) is 6.06. The number of rotatable bonds is 9. The normalized spacial score (nSPS) is 10.0. The van der Waals surface area contributed by atoms with Crippen molar-refractivity contribution in [2.75, 3.05) is 13.2 Å². The Kier molecular flexibility index (Phi) is 6.58. The lowest BCUT2D eigenvalue weighted by atomic mass is 10.2. The maximum atomic E-state index is 10.3. The lowest BCUT2D eigenvalue weighted by molar-refractivity contribution is -0.137. The van der Waals surface area contributed by atoms with Gasteiger partial charge in [0.05, 0.1) is 0 Å². The van der Waals surface area contributed by atoms with Crippen LogP contribution in [0.1, 0.15) is 18.4 Å². The fraction of sp³-hybridized carbons (Fsp3) is 0.357. The summed E-state index contributed by atoms with van der Waals surface area (Å²) in [5.41, 5.74) is 1.15. The van der Waals surface area contributed by atoms with E-state index in [1.165, 1.54) is 0 Å². The smallest absolute Gasteiger partial charge is 0.303 e. The third-order valence-corrected chi connectivity index (χ3v) is 2.36. The zero-order chi connectivity index (χ0) is 13.2. The highest BCUT2D eigenvalue weighted by molar-refractivity contribution is 5.66. The Hall–Kier alpha value is -1.81. The standard InChI is InChI=1S/C14H19NO3/c1-2-10-18-13-7-5-12(6-8-13)11-15-9-3-4-14(16)17/h2,5-8,15H,1,3-4,9-11H2,(H,16,17). The maximum absolute atomic E-state index is 10.3. The van der Waals surface area contributed by atoms with E-state index in [9.17, 15) is 4.79 Å². The SMILES string of the molecule is C=CCOc1ccc(CNCCCC(=O)O)cc1. The summed E-state index contributed by atoms with van der Waals surface area (Å²) in [7, 11) is 0. The van der Waals surface area contributed by atoms with Crippen LogP contribution in [0.15, 0.2) is 36.9 Å². The summed E-state index contributed by atoms with van der Waals surface area (Å²) >= 11 is 0. The predicted octanol–water partition coefficient (Wildman–Crippen LogP) is 2.21. The lowest BCUT2D eigenvalue weighted by Crippen LogP contribution is -2.15. The van der Waals surface area contributed by atoms with Gasteiger partial charge in [-0.25, -0.2) is 0 Å². The zero-order valence-corrected chi connectivity index (χ0v) is 10.4. The van der Waals surface area contributed by atoms with Crippen molar-refractivity contribution in [3.05, 3.63) is 42.5 Å². The van der Waals surface area contributed by atoms with Crippen LogP contribution in [0, 0.1) is 0 Å². The van der Waals surface area contributed by atoms with E-state index in [0.717, 1.165) is 17.9 Å². The van der Waals surface area contributed by atoms with Gasteiger partial charge in [0.1, 0.15) is 12.4 Å². The summed E-state index contributed by atoms with van der Waals surface area (Å²) in [6, 6.07) is 7.81. The summed E-state index contributed by atoms with van der Waals surface area (Å²) in [4.78, 5) is 10.3. The number of hydrogen-bond donors (Lipinski definition) is 2. The summed E-state index contributed by atoms with van der Waals surface area (Å²) < 4.78 is 5.38. The van der Waals surface area contributed by atoms with E-state index in [4.69, 9.17) is 9.84 Å². The minimum atomic E-state index is -0.750. The Morgan fingerprint density at radius 1 is 1.39 bits per heavy atom. The number of aliphatic carboxylic acids is 1. The van der Waals surface area contributed by atoms with Crippen LogP contribution in [-0.4, -0.2) is 24.2 Å². The molecule has 0 radical (unpaired) electrons. The van der Waals surface area contributed by atoms with Gasteiger partial charge in [0.25, 0.3) is 0 Å². The molecule has 1 aromatic rings. The Morgan fingerprint density at radius 2 is 2.11 bits per heavy atom. The molecule has 4 heteroatoms. The first-order chi connectivity index (χ1) is 8.72. The molecule has 0 bridgehead atoms. The Labute approximate surface area is 107 Å². The number of carboxylic acid groups (broad SMARTS) is 1. The number of carbonyl (C=O) groups is 1. The summed E-state index contributed by atoms with van der Waals surface area (Å²) in [6.07, 6.45) is 2.56. The summed E-state index contributed by atoms with van der Waals surface area (Å²) in [5, 5.41) is 11.7. The molecular weight excluding hydrogens is 230 g/mol. The minimum Gasteiger partial charge on any atom is -0.490 e. The number of hydrogen-bond acceptors (Lipinski definition) is 3. The molecule has 0 unspecified atom stereocenters. The van der Waals surface area contributed by atoms with Crippen LogP contribution in [0.2, 0.25) is 0 Å². The van der Waals surface area contributed by atoms with E-state index >= 15 is 0 Å². The second kappa shape index (κ2) is 8.31. The molecule has 4 nitrogen and oxygen atoms in total. The van der Waals surface area contributed by atoms with Crippen molar-refractivity contribution in [2.24, 2.45) is 0 Å².